The fourth-order valence-corrected chi connectivity index (χ4v) is 8.44. The lowest BCUT2D eigenvalue weighted by atomic mass is 10.1. The Morgan fingerprint density at radius 3 is 2.10 bits per heavy atom. The molecule has 2 heterocycles. The molecule has 3 aromatic carbocycles. The van der Waals surface area contributed by atoms with Crippen LogP contribution in [0.5, 0.6) is 0 Å². The molecule has 0 amide bonds. The first-order valence-corrected chi connectivity index (χ1v) is 13.3. The summed E-state index contributed by atoms with van der Waals surface area (Å²) in [6.07, 6.45) is 1.62. The van der Waals surface area contributed by atoms with Gasteiger partial charge in [0.1, 0.15) is 27.5 Å². The van der Waals surface area contributed by atoms with Crippen LogP contribution >= 0.6 is 30.2 Å². The molecule has 31 heavy (non-hydrogen) atoms. The maximum Gasteiger partial charge on any atom is 0.259 e. The Morgan fingerprint density at radius 1 is 0.871 bits per heavy atom. The van der Waals surface area contributed by atoms with E-state index in [0.717, 1.165) is 5.56 Å². The number of benzene rings is 3. The predicted molar refractivity (Wildman–Crippen MR) is 134 cm³/mol. The molecule has 0 radical (unpaired) electrons. The highest BCUT2D eigenvalue weighted by Gasteiger charge is 2.42. The van der Waals surface area contributed by atoms with E-state index in [9.17, 15) is 4.79 Å². The van der Waals surface area contributed by atoms with Crippen molar-refractivity contribution in [3.8, 4) is 11.3 Å². The SMILES string of the molecule is C[P+](c1ccccc1)(c1ccccc1)c1ccccc1-c1cc(=O)n2cc(Cl)sc2n1. The van der Waals surface area contributed by atoms with Crippen LogP contribution in [0, 0.1) is 0 Å². The number of aromatic nitrogens is 2. The minimum atomic E-state index is -1.97. The predicted octanol–water partition coefficient (Wildman–Crippen LogP) is 5.00. The number of hydrogen-bond donors (Lipinski definition) is 0. The van der Waals surface area contributed by atoms with E-state index in [1.54, 1.807) is 12.3 Å². The zero-order valence-corrected chi connectivity index (χ0v) is 19.2. The summed E-state index contributed by atoms with van der Waals surface area (Å²) in [7, 11) is -1.97. The third kappa shape index (κ3) is 3.51. The van der Waals surface area contributed by atoms with Crippen LogP contribution in [-0.2, 0) is 0 Å². The van der Waals surface area contributed by atoms with Crippen molar-refractivity contribution in [2.45, 2.75) is 0 Å². The molecule has 6 heteroatoms. The Labute approximate surface area is 190 Å². The van der Waals surface area contributed by atoms with Gasteiger partial charge in [-0.15, -0.1) is 0 Å². The standard InChI is InChI=1S/C25H19ClN2OPS/c1-30(18-10-4-2-5-11-18,19-12-6-3-7-13-19)22-15-9-8-14-20(22)21-16-24(29)28-17-23(26)31-25(28)27-21/h2-17H,1H3/q+1. The molecule has 0 saturated carbocycles. The van der Waals surface area contributed by atoms with Crippen LogP contribution in [-0.4, -0.2) is 16.0 Å². The van der Waals surface area contributed by atoms with Gasteiger partial charge < -0.3 is 0 Å². The van der Waals surface area contributed by atoms with Crippen molar-refractivity contribution in [2.75, 3.05) is 6.66 Å². The number of halogens is 1. The maximum atomic E-state index is 12.8. The highest BCUT2D eigenvalue weighted by Crippen LogP contribution is 2.53. The number of rotatable bonds is 4. The second kappa shape index (κ2) is 8.05. The number of thiazole rings is 1. The molecule has 3 nitrogen and oxygen atoms in total. The van der Waals surface area contributed by atoms with Crippen molar-refractivity contribution >= 4 is 51.1 Å². The van der Waals surface area contributed by atoms with Crippen molar-refractivity contribution in [1.82, 2.24) is 9.38 Å². The highest BCUT2D eigenvalue weighted by atomic mass is 35.5. The zero-order chi connectivity index (χ0) is 21.4. The third-order valence-corrected chi connectivity index (χ3v) is 10.7. The summed E-state index contributed by atoms with van der Waals surface area (Å²) in [6.45, 7) is 2.34. The number of nitrogens with zero attached hydrogens (tertiary/aromatic N) is 2. The zero-order valence-electron chi connectivity index (χ0n) is 16.8. The lowest BCUT2D eigenvalue weighted by Crippen LogP contribution is -2.31. The quantitative estimate of drug-likeness (QED) is 0.353. The van der Waals surface area contributed by atoms with Gasteiger partial charge in [-0.1, -0.05) is 71.5 Å². The van der Waals surface area contributed by atoms with Crippen molar-refractivity contribution < 1.29 is 0 Å². The molecule has 2 aromatic heterocycles. The van der Waals surface area contributed by atoms with Crippen LogP contribution in [0.3, 0.4) is 0 Å². The van der Waals surface area contributed by atoms with Gasteiger partial charge in [-0.2, -0.15) is 0 Å². The van der Waals surface area contributed by atoms with E-state index in [1.165, 1.54) is 31.7 Å². The summed E-state index contributed by atoms with van der Waals surface area (Å²) >= 11 is 7.45. The van der Waals surface area contributed by atoms with E-state index >= 15 is 0 Å². The minimum Gasteiger partial charge on any atom is -0.269 e. The molecule has 0 aliphatic carbocycles. The van der Waals surface area contributed by atoms with E-state index in [-0.39, 0.29) is 5.56 Å². The maximum absolute atomic E-state index is 12.8. The van der Waals surface area contributed by atoms with E-state index in [0.29, 0.717) is 15.0 Å². The van der Waals surface area contributed by atoms with Crippen molar-refractivity contribution in [3.63, 3.8) is 0 Å². The van der Waals surface area contributed by atoms with Crippen LogP contribution in [0.4, 0.5) is 0 Å². The molecule has 5 rings (SSSR count). The molecular weight excluding hydrogens is 443 g/mol. The second-order valence-corrected chi connectivity index (χ2v) is 12.5. The van der Waals surface area contributed by atoms with Crippen LogP contribution in [0.25, 0.3) is 16.2 Å². The normalized spacial score (nSPS) is 11.7. The van der Waals surface area contributed by atoms with Gasteiger partial charge in [0.25, 0.3) is 5.56 Å². The van der Waals surface area contributed by atoms with E-state index in [2.05, 4.69) is 73.4 Å². The average Bonchev–Trinajstić information content (AvgIpc) is 3.20. The van der Waals surface area contributed by atoms with E-state index in [4.69, 9.17) is 16.6 Å². The molecule has 0 saturated heterocycles. The molecular formula is C25H19ClN2OPS+. The summed E-state index contributed by atoms with van der Waals surface area (Å²) < 4.78 is 2.04. The van der Waals surface area contributed by atoms with Gasteiger partial charge in [0.15, 0.2) is 4.96 Å². The summed E-state index contributed by atoms with van der Waals surface area (Å²) in [5.74, 6) is 0. The van der Waals surface area contributed by atoms with Crippen LogP contribution < -0.4 is 21.5 Å². The summed E-state index contributed by atoms with van der Waals surface area (Å²) in [6, 6.07) is 31.1. The first-order valence-electron chi connectivity index (χ1n) is 9.84. The van der Waals surface area contributed by atoms with Crippen LogP contribution in [0.15, 0.2) is 102 Å². The van der Waals surface area contributed by atoms with Gasteiger partial charge in [-0.05, 0) is 36.4 Å². The monoisotopic (exact) mass is 461 g/mol. The van der Waals surface area contributed by atoms with Crippen LogP contribution in [0.1, 0.15) is 0 Å². The Bertz CT molecular complexity index is 1390. The van der Waals surface area contributed by atoms with E-state index in [1.807, 2.05) is 18.2 Å². The molecule has 0 fully saturated rings. The van der Waals surface area contributed by atoms with Gasteiger partial charge in [0.2, 0.25) is 0 Å². The molecule has 0 spiro atoms. The largest absolute Gasteiger partial charge is 0.269 e. The Morgan fingerprint density at radius 2 is 1.45 bits per heavy atom. The molecule has 0 aliphatic heterocycles. The minimum absolute atomic E-state index is 0.127. The fraction of sp³-hybridized carbons (Fsp3) is 0.0400. The smallest absolute Gasteiger partial charge is 0.259 e. The van der Waals surface area contributed by atoms with Crippen molar-refractivity contribution in [3.05, 3.63) is 112 Å². The molecule has 0 bridgehead atoms. The summed E-state index contributed by atoms with van der Waals surface area (Å²) in [4.78, 5) is 18.2. The van der Waals surface area contributed by atoms with E-state index < -0.39 is 7.26 Å². The van der Waals surface area contributed by atoms with Crippen molar-refractivity contribution in [2.24, 2.45) is 0 Å². The lowest BCUT2D eigenvalue weighted by molar-refractivity contribution is 1.08. The molecule has 5 aromatic rings. The Hall–Kier alpha value is -2.78. The number of fused-ring (bicyclic) bond motifs is 1. The second-order valence-electron chi connectivity index (χ2n) is 7.36. The topological polar surface area (TPSA) is 34.4 Å². The first-order chi connectivity index (χ1) is 15.1. The number of hydrogen-bond acceptors (Lipinski definition) is 3. The fourth-order valence-electron chi connectivity index (χ4n) is 3.97. The molecule has 0 N–H and O–H groups in total. The molecule has 0 aliphatic rings. The van der Waals surface area contributed by atoms with Gasteiger partial charge in [-0.3, -0.25) is 9.20 Å². The first kappa shape index (κ1) is 20.1. The van der Waals surface area contributed by atoms with Gasteiger partial charge >= 0.3 is 0 Å². The Balaban J connectivity index is 1.80. The Kier molecular flexibility index (Phi) is 5.23. The average molecular weight is 462 g/mol. The molecule has 0 unspecified atom stereocenters. The molecule has 0 atom stereocenters. The third-order valence-electron chi connectivity index (χ3n) is 5.55. The van der Waals surface area contributed by atoms with Gasteiger partial charge in [0, 0.05) is 17.8 Å². The van der Waals surface area contributed by atoms with Gasteiger partial charge in [-0.25, -0.2) is 4.98 Å². The summed E-state index contributed by atoms with van der Waals surface area (Å²) in [5.41, 5.74) is 1.53. The molecule has 152 valence electrons. The van der Waals surface area contributed by atoms with Crippen LogP contribution in [0.2, 0.25) is 4.34 Å². The van der Waals surface area contributed by atoms with Gasteiger partial charge in [0.05, 0.1) is 12.4 Å². The van der Waals surface area contributed by atoms with Crippen molar-refractivity contribution in [1.29, 1.82) is 0 Å². The summed E-state index contributed by atoms with van der Waals surface area (Å²) in [5, 5.41) is 3.77. The lowest BCUT2D eigenvalue weighted by Gasteiger charge is -2.25. The highest BCUT2D eigenvalue weighted by molar-refractivity contribution is 7.95.